The van der Waals surface area contributed by atoms with E-state index in [-0.39, 0.29) is 5.56 Å². The van der Waals surface area contributed by atoms with Crippen molar-refractivity contribution in [1.29, 1.82) is 0 Å². The fourth-order valence-electron chi connectivity index (χ4n) is 3.02. The van der Waals surface area contributed by atoms with E-state index in [0.717, 1.165) is 33.3 Å². The van der Waals surface area contributed by atoms with Gasteiger partial charge in [0.25, 0.3) is 5.56 Å². The molecule has 0 bridgehead atoms. The minimum atomic E-state index is -0.0800. The number of aromatic nitrogens is 3. The molecule has 0 N–H and O–H groups in total. The topological polar surface area (TPSA) is 47.8 Å². The van der Waals surface area contributed by atoms with Gasteiger partial charge in [-0.3, -0.25) is 14.3 Å². The molecule has 4 rings (SSSR count). The van der Waals surface area contributed by atoms with Crippen LogP contribution >= 0.6 is 11.8 Å². The SMILES string of the molecule is CCSc1ccc(-c2cc(-c3ccccn3)cn(-c3ccccc3)c2=O)cn1. The van der Waals surface area contributed by atoms with E-state index in [1.54, 1.807) is 28.7 Å². The number of nitrogens with zero attached hydrogens (tertiary/aromatic N) is 3. The first-order valence-electron chi connectivity index (χ1n) is 9.09. The number of pyridine rings is 3. The minimum absolute atomic E-state index is 0.0800. The predicted octanol–water partition coefficient (Wildman–Crippen LogP) is 5.07. The fraction of sp³-hybridized carbons (Fsp3) is 0.0870. The lowest BCUT2D eigenvalue weighted by Gasteiger charge is -2.12. The normalized spacial score (nSPS) is 10.8. The first-order chi connectivity index (χ1) is 13.8. The summed E-state index contributed by atoms with van der Waals surface area (Å²) in [5, 5.41) is 0.954. The molecule has 5 heteroatoms. The van der Waals surface area contributed by atoms with Crippen LogP contribution in [0.2, 0.25) is 0 Å². The van der Waals surface area contributed by atoms with Gasteiger partial charge in [0.15, 0.2) is 0 Å². The monoisotopic (exact) mass is 385 g/mol. The Hall–Kier alpha value is -3.18. The molecule has 0 aliphatic rings. The fourth-order valence-corrected chi connectivity index (χ4v) is 3.60. The lowest BCUT2D eigenvalue weighted by Crippen LogP contribution is -2.20. The number of benzene rings is 1. The van der Waals surface area contributed by atoms with Crippen molar-refractivity contribution < 1.29 is 0 Å². The van der Waals surface area contributed by atoms with Crippen molar-refractivity contribution in [1.82, 2.24) is 14.5 Å². The highest BCUT2D eigenvalue weighted by Crippen LogP contribution is 2.25. The Morgan fingerprint density at radius 1 is 0.929 bits per heavy atom. The quantitative estimate of drug-likeness (QED) is 0.450. The molecule has 0 spiro atoms. The zero-order valence-electron chi connectivity index (χ0n) is 15.4. The van der Waals surface area contributed by atoms with Crippen molar-refractivity contribution >= 4 is 11.8 Å². The second-order valence-electron chi connectivity index (χ2n) is 6.19. The van der Waals surface area contributed by atoms with Crippen LogP contribution in [0, 0.1) is 0 Å². The van der Waals surface area contributed by atoms with Gasteiger partial charge in [-0.1, -0.05) is 31.2 Å². The Balaban J connectivity index is 1.91. The van der Waals surface area contributed by atoms with Crippen LogP contribution in [0.25, 0.3) is 28.1 Å². The molecule has 0 saturated carbocycles. The summed E-state index contributed by atoms with van der Waals surface area (Å²) in [5.41, 5.74) is 3.84. The van der Waals surface area contributed by atoms with Gasteiger partial charge in [0.1, 0.15) is 0 Å². The van der Waals surface area contributed by atoms with Gasteiger partial charge in [-0.15, -0.1) is 11.8 Å². The summed E-state index contributed by atoms with van der Waals surface area (Å²) in [5.74, 6) is 0.961. The molecular weight excluding hydrogens is 366 g/mol. The standard InChI is InChI=1S/C23H19N3OS/c1-2-28-22-12-11-17(15-25-22)20-14-18(21-10-6-7-13-24-21)16-26(23(20)27)19-8-4-3-5-9-19/h3-16H,2H2,1H3. The van der Waals surface area contributed by atoms with Crippen LogP contribution in [0.4, 0.5) is 0 Å². The van der Waals surface area contributed by atoms with E-state index >= 15 is 0 Å². The Labute approximate surface area is 167 Å². The first kappa shape index (κ1) is 18.2. The van der Waals surface area contributed by atoms with E-state index < -0.39 is 0 Å². The molecule has 1 aromatic carbocycles. The van der Waals surface area contributed by atoms with Crippen LogP contribution in [0.3, 0.4) is 0 Å². The van der Waals surface area contributed by atoms with E-state index in [0.29, 0.717) is 5.56 Å². The highest BCUT2D eigenvalue weighted by Gasteiger charge is 2.12. The third-order valence-corrected chi connectivity index (χ3v) is 5.18. The van der Waals surface area contributed by atoms with Gasteiger partial charge in [-0.25, -0.2) is 4.98 Å². The number of rotatable bonds is 5. The van der Waals surface area contributed by atoms with Crippen molar-refractivity contribution in [2.24, 2.45) is 0 Å². The predicted molar refractivity (Wildman–Crippen MR) is 115 cm³/mol. The third kappa shape index (κ3) is 3.75. The summed E-state index contributed by atoms with van der Waals surface area (Å²) in [6, 6.07) is 21.2. The maximum absolute atomic E-state index is 13.3. The Kier molecular flexibility index (Phi) is 5.35. The maximum Gasteiger partial charge on any atom is 0.263 e. The molecule has 4 nitrogen and oxygen atoms in total. The van der Waals surface area contributed by atoms with Gasteiger partial charge in [-0.05, 0) is 48.2 Å². The Morgan fingerprint density at radius 2 is 1.75 bits per heavy atom. The van der Waals surface area contributed by atoms with E-state index in [1.165, 1.54) is 0 Å². The first-order valence-corrected chi connectivity index (χ1v) is 10.1. The van der Waals surface area contributed by atoms with Gasteiger partial charge >= 0.3 is 0 Å². The average molecular weight is 385 g/mol. The van der Waals surface area contributed by atoms with Gasteiger partial charge < -0.3 is 0 Å². The lowest BCUT2D eigenvalue weighted by atomic mass is 10.1. The van der Waals surface area contributed by atoms with E-state index in [1.807, 2.05) is 72.9 Å². The summed E-state index contributed by atoms with van der Waals surface area (Å²) in [4.78, 5) is 22.2. The molecular formula is C23H19N3OS. The molecule has 0 radical (unpaired) electrons. The molecule has 4 aromatic rings. The smallest absolute Gasteiger partial charge is 0.263 e. The second-order valence-corrected chi connectivity index (χ2v) is 7.47. The van der Waals surface area contributed by atoms with Crippen LogP contribution in [0.1, 0.15) is 6.92 Å². The summed E-state index contributed by atoms with van der Waals surface area (Å²) in [7, 11) is 0. The third-order valence-electron chi connectivity index (χ3n) is 4.35. The van der Waals surface area contributed by atoms with Crippen LogP contribution in [0.15, 0.2) is 95.1 Å². The van der Waals surface area contributed by atoms with Crippen molar-refractivity contribution in [3.8, 4) is 28.1 Å². The van der Waals surface area contributed by atoms with E-state index in [4.69, 9.17) is 0 Å². The molecule has 28 heavy (non-hydrogen) atoms. The van der Waals surface area contributed by atoms with Crippen molar-refractivity contribution in [3.05, 3.63) is 95.7 Å². The maximum atomic E-state index is 13.3. The average Bonchev–Trinajstić information content (AvgIpc) is 2.76. The number of hydrogen-bond donors (Lipinski definition) is 0. The lowest BCUT2D eigenvalue weighted by molar-refractivity contribution is 0.992. The summed E-state index contributed by atoms with van der Waals surface area (Å²) >= 11 is 1.68. The minimum Gasteiger partial charge on any atom is -0.283 e. The van der Waals surface area contributed by atoms with Crippen molar-refractivity contribution in [2.45, 2.75) is 11.9 Å². The molecule has 138 valence electrons. The van der Waals surface area contributed by atoms with Crippen molar-refractivity contribution in [3.63, 3.8) is 0 Å². The molecule has 0 saturated heterocycles. The van der Waals surface area contributed by atoms with Gasteiger partial charge in [0.2, 0.25) is 0 Å². The molecule has 0 amide bonds. The largest absolute Gasteiger partial charge is 0.283 e. The van der Waals surface area contributed by atoms with Crippen LogP contribution in [0.5, 0.6) is 0 Å². The van der Waals surface area contributed by atoms with Crippen molar-refractivity contribution in [2.75, 3.05) is 5.75 Å². The molecule has 0 unspecified atom stereocenters. The van der Waals surface area contributed by atoms with Gasteiger partial charge in [-0.2, -0.15) is 0 Å². The summed E-state index contributed by atoms with van der Waals surface area (Å²) < 4.78 is 1.67. The molecule has 3 aromatic heterocycles. The zero-order valence-corrected chi connectivity index (χ0v) is 16.3. The number of hydrogen-bond acceptors (Lipinski definition) is 4. The summed E-state index contributed by atoms with van der Waals surface area (Å²) in [6.45, 7) is 2.09. The highest BCUT2D eigenvalue weighted by molar-refractivity contribution is 7.99. The molecule has 0 aliphatic carbocycles. The van der Waals surface area contributed by atoms with Gasteiger partial charge in [0.05, 0.1) is 10.7 Å². The highest BCUT2D eigenvalue weighted by atomic mass is 32.2. The number of thioether (sulfide) groups is 1. The van der Waals surface area contributed by atoms with Crippen LogP contribution < -0.4 is 5.56 Å². The Bertz CT molecular complexity index is 1120. The summed E-state index contributed by atoms with van der Waals surface area (Å²) in [6.07, 6.45) is 5.37. The molecule has 0 aliphatic heterocycles. The van der Waals surface area contributed by atoms with Crippen LogP contribution in [-0.4, -0.2) is 20.3 Å². The number of para-hydroxylation sites is 1. The van der Waals surface area contributed by atoms with Gasteiger partial charge in [0, 0.05) is 41.0 Å². The molecule has 0 fully saturated rings. The molecule has 0 atom stereocenters. The zero-order chi connectivity index (χ0) is 19.3. The second kappa shape index (κ2) is 8.23. The van der Waals surface area contributed by atoms with Crippen LogP contribution in [-0.2, 0) is 0 Å². The van der Waals surface area contributed by atoms with E-state index in [9.17, 15) is 4.79 Å². The Morgan fingerprint density at radius 3 is 2.43 bits per heavy atom. The van der Waals surface area contributed by atoms with E-state index in [2.05, 4.69) is 16.9 Å². The molecule has 3 heterocycles.